The second-order valence-corrected chi connectivity index (χ2v) is 9.97. The van der Waals surface area contributed by atoms with E-state index in [9.17, 15) is 20.1 Å². The Labute approximate surface area is 211 Å². The first-order chi connectivity index (χ1) is 17.4. The summed E-state index contributed by atoms with van der Waals surface area (Å²) in [5.41, 5.74) is -1.10. The van der Waals surface area contributed by atoms with Gasteiger partial charge in [0.15, 0.2) is 17.0 Å². The quantitative estimate of drug-likeness (QED) is 0.125. The van der Waals surface area contributed by atoms with Gasteiger partial charge in [-0.1, -0.05) is 18.2 Å². The number of nitrogens with one attached hydrogen (secondary N) is 1. The van der Waals surface area contributed by atoms with Crippen LogP contribution in [0.5, 0.6) is 0 Å². The smallest absolute Gasteiger partial charge is 0.256 e. The van der Waals surface area contributed by atoms with Crippen molar-refractivity contribution in [3.63, 3.8) is 0 Å². The number of aliphatic hydroxyl groups excluding tert-OH is 2. The fraction of sp³-hybridized carbons (Fsp3) is 0.381. The zero-order chi connectivity index (χ0) is 25.8. The van der Waals surface area contributed by atoms with Crippen molar-refractivity contribution in [2.24, 2.45) is 0 Å². The average Bonchev–Trinajstić information content (AvgIpc) is 3.43. The molecular formula is C21H23N6O7PS. The number of anilines is 1. The van der Waals surface area contributed by atoms with Gasteiger partial charge in [0.05, 0.1) is 25.7 Å². The molecule has 3 aromatic rings. The van der Waals surface area contributed by atoms with Crippen LogP contribution in [-0.2, 0) is 19.1 Å². The topological polar surface area (TPSA) is 185 Å². The SMILES string of the molecule is CO[C@@]1(O)[C@H](O)[C@@H](CO)O[C@@]1(PSOCCC#N)n1cnc2c(NC(=O)c3ccccc3)ncnc21. The van der Waals surface area contributed by atoms with E-state index in [0.717, 1.165) is 11.7 Å². The molecule has 1 aliphatic heterocycles. The lowest BCUT2D eigenvalue weighted by molar-refractivity contribution is -0.278. The number of nitriles is 1. The van der Waals surface area contributed by atoms with Crippen LogP contribution in [0, 0.1) is 11.3 Å². The third kappa shape index (κ3) is 4.56. The fourth-order valence-corrected chi connectivity index (χ4v) is 6.57. The predicted octanol–water partition coefficient (Wildman–Crippen LogP) is 0.948. The molecule has 1 fully saturated rings. The molecule has 4 rings (SSSR count). The number of nitrogens with zero attached hydrogens (tertiary/aromatic N) is 5. The van der Waals surface area contributed by atoms with Gasteiger partial charge in [0.2, 0.25) is 11.3 Å². The van der Waals surface area contributed by atoms with Crippen molar-refractivity contribution in [1.82, 2.24) is 19.5 Å². The monoisotopic (exact) mass is 534 g/mol. The van der Waals surface area contributed by atoms with E-state index in [1.165, 1.54) is 24.3 Å². The molecule has 5 atom stereocenters. The van der Waals surface area contributed by atoms with Gasteiger partial charge in [0.1, 0.15) is 24.9 Å². The highest BCUT2D eigenvalue weighted by Crippen LogP contribution is 2.60. The lowest BCUT2D eigenvalue weighted by atomic mass is 10.1. The summed E-state index contributed by atoms with van der Waals surface area (Å²) in [5, 5.41) is 43.5. The molecule has 1 amide bonds. The third-order valence-corrected chi connectivity index (χ3v) is 8.32. The van der Waals surface area contributed by atoms with Crippen molar-refractivity contribution in [3.8, 4) is 6.07 Å². The highest BCUT2D eigenvalue weighted by atomic mass is 32.7. The van der Waals surface area contributed by atoms with E-state index in [1.54, 1.807) is 30.3 Å². The lowest BCUT2D eigenvalue weighted by Crippen LogP contribution is -2.56. The van der Waals surface area contributed by atoms with Gasteiger partial charge in [0.25, 0.3) is 5.91 Å². The zero-order valence-electron chi connectivity index (χ0n) is 18.9. The summed E-state index contributed by atoms with van der Waals surface area (Å²) in [6.45, 7) is -0.497. The van der Waals surface area contributed by atoms with Crippen LogP contribution in [0.3, 0.4) is 0 Å². The van der Waals surface area contributed by atoms with E-state index >= 15 is 0 Å². The molecule has 36 heavy (non-hydrogen) atoms. The van der Waals surface area contributed by atoms with Crippen LogP contribution >= 0.6 is 19.4 Å². The summed E-state index contributed by atoms with van der Waals surface area (Å²) in [6, 6.07) is 10.5. The number of hydrogen-bond donors (Lipinski definition) is 4. The number of rotatable bonds is 10. The zero-order valence-corrected chi connectivity index (χ0v) is 20.8. The van der Waals surface area contributed by atoms with E-state index < -0.39 is 43.8 Å². The minimum absolute atomic E-state index is 0.113. The highest BCUT2D eigenvalue weighted by molar-refractivity contribution is 8.47. The van der Waals surface area contributed by atoms with E-state index in [2.05, 4.69) is 20.3 Å². The Balaban J connectivity index is 1.76. The number of hydrogen-bond acceptors (Lipinski definition) is 12. The Kier molecular flexibility index (Phi) is 8.13. The van der Waals surface area contributed by atoms with E-state index in [-0.39, 0.29) is 30.0 Å². The maximum absolute atomic E-state index is 12.7. The van der Waals surface area contributed by atoms with Gasteiger partial charge in [-0.15, -0.1) is 0 Å². The summed E-state index contributed by atoms with van der Waals surface area (Å²) in [4.78, 5) is 25.4. The van der Waals surface area contributed by atoms with Crippen molar-refractivity contribution in [2.45, 2.75) is 29.9 Å². The van der Waals surface area contributed by atoms with Crippen molar-refractivity contribution >= 4 is 42.3 Å². The molecule has 1 saturated heterocycles. The number of benzene rings is 1. The van der Waals surface area contributed by atoms with Crippen LogP contribution in [0.2, 0.25) is 0 Å². The van der Waals surface area contributed by atoms with Gasteiger partial charge >= 0.3 is 0 Å². The number of imidazole rings is 1. The van der Waals surface area contributed by atoms with Gasteiger partial charge in [-0.05, 0) is 12.1 Å². The Bertz CT molecular complexity index is 1260. The third-order valence-electron chi connectivity index (χ3n) is 5.53. The molecule has 4 N–H and O–H groups in total. The molecule has 3 heterocycles. The summed E-state index contributed by atoms with van der Waals surface area (Å²) in [5.74, 6) is -2.65. The molecule has 13 nitrogen and oxygen atoms in total. The largest absolute Gasteiger partial charge is 0.394 e. The van der Waals surface area contributed by atoms with Crippen LogP contribution in [0.25, 0.3) is 11.2 Å². The second kappa shape index (κ2) is 11.1. The molecule has 0 bridgehead atoms. The first-order valence-corrected chi connectivity index (χ1v) is 13.1. The molecule has 0 saturated carbocycles. The molecule has 15 heteroatoms. The van der Waals surface area contributed by atoms with Crippen LogP contribution in [0.4, 0.5) is 5.82 Å². The molecule has 190 valence electrons. The molecule has 0 aliphatic carbocycles. The summed E-state index contributed by atoms with van der Waals surface area (Å²) in [6.07, 6.45) is -0.200. The number of carbonyl (C=O) groups is 1. The predicted molar refractivity (Wildman–Crippen MR) is 130 cm³/mol. The summed E-state index contributed by atoms with van der Waals surface area (Å²) < 4.78 is 18.2. The fourth-order valence-electron chi connectivity index (χ4n) is 3.73. The molecule has 1 aromatic carbocycles. The Hall–Kier alpha value is -2.73. The standard InChI is InChI=1S/C21H23N6O7PS/c1-32-20(31)16(29)14(10-28)34-21(20,35-36-33-9-5-8-22)27-12-25-15-17(23-11-24-18(15)27)26-19(30)13-6-3-2-4-7-13/h2-4,6-7,11-12,14,16,28-29,31,35H,5,9-10H2,1H3,(H,23,24,26,30)/t14-,16-,20+,21+/m1/s1. The van der Waals surface area contributed by atoms with Crippen molar-refractivity contribution in [1.29, 1.82) is 5.26 Å². The number of methoxy groups -OCH3 is 1. The minimum atomic E-state index is -2.35. The summed E-state index contributed by atoms with van der Waals surface area (Å²) >= 11 is 0.898. The Morgan fingerprint density at radius 3 is 2.83 bits per heavy atom. The van der Waals surface area contributed by atoms with Crippen molar-refractivity contribution in [3.05, 3.63) is 48.5 Å². The minimum Gasteiger partial charge on any atom is -0.394 e. The van der Waals surface area contributed by atoms with Crippen LogP contribution in [0.1, 0.15) is 16.8 Å². The normalized spacial score (nSPS) is 26.0. The molecule has 2 aromatic heterocycles. The van der Waals surface area contributed by atoms with Crippen LogP contribution < -0.4 is 5.32 Å². The lowest BCUT2D eigenvalue weighted by Gasteiger charge is -2.40. The molecule has 0 spiro atoms. The van der Waals surface area contributed by atoms with E-state index in [1.807, 2.05) is 6.07 Å². The molecular weight excluding hydrogens is 511 g/mol. The van der Waals surface area contributed by atoms with Gasteiger partial charge in [-0.25, -0.2) is 15.0 Å². The summed E-state index contributed by atoms with van der Waals surface area (Å²) in [7, 11) is 0.707. The molecule has 0 radical (unpaired) electrons. The van der Waals surface area contributed by atoms with Gasteiger partial charge in [0, 0.05) is 32.1 Å². The number of amides is 1. The molecule has 1 aliphatic rings. The van der Waals surface area contributed by atoms with Crippen molar-refractivity contribution < 1.29 is 33.8 Å². The van der Waals surface area contributed by atoms with Crippen LogP contribution in [0.15, 0.2) is 43.0 Å². The highest BCUT2D eigenvalue weighted by Gasteiger charge is 2.68. The van der Waals surface area contributed by atoms with E-state index in [4.69, 9.17) is 18.9 Å². The Morgan fingerprint density at radius 1 is 1.36 bits per heavy atom. The maximum atomic E-state index is 12.7. The first kappa shape index (κ1) is 26.3. The number of carbonyl (C=O) groups excluding carboxylic acids is 1. The van der Waals surface area contributed by atoms with Crippen LogP contribution in [-0.4, -0.2) is 79.1 Å². The van der Waals surface area contributed by atoms with Crippen molar-refractivity contribution in [2.75, 3.05) is 25.6 Å². The second-order valence-electron chi connectivity index (χ2n) is 7.57. The average molecular weight is 534 g/mol. The van der Waals surface area contributed by atoms with Gasteiger partial charge in [-0.3, -0.25) is 9.36 Å². The number of aromatic nitrogens is 4. The maximum Gasteiger partial charge on any atom is 0.256 e. The number of aliphatic hydroxyl groups is 3. The first-order valence-electron chi connectivity index (χ1n) is 10.6. The number of fused-ring (bicyclic) bond motifs is 1. The van der Waals surface area contributed by atoms with E-state index in [0.29, 0.717) is 5.56 Å². The number of ether oxygens (including phenoxy) is 2. The van der Waals surface area contributed by atoms with Gasteiger partial charge < -0.3 is 34.3 Å². The molecule has 1 unspecified atom stereocenters. The van der Waals surface area contributed by atoms with Gasteiger partial charge in [-0.2, -0.15) is 5.26 Å². The Morgan fingerprint density at radius 2 is 2.14 bits per heavy atom.